The topological polar surface area (TPSA) is 67.9 Å². The van der Waals surface area contributed by atoms with Gasteiger partial charge in [0.05, 0.1) is 29.6 Å². The third-order valence-electron chi connectivity index (χ3n) is 4.54. The molecule has 0 N–H and O–H groups in total. The van der Waals surface area contributed by atoms with E-state index in [1.165, 1.54) is 5.56 Å². The van der Waals surface area contributed by atoms with E-state index in [0.29, 0.717) is 28.9 Å². The van der Waals surface area contributed by atoms with Crippen LogP contribution < -0.4 is 0 Å². The van der Waals surface area contributed by atoms with Crippen molar-refractivity contribution in [1.82, 2.24) is 9.78 Å². The number of hydrogen-bond donors (Lipinski definition) is 0. The minimum atomic E-state index is -0.423. The van der Waals surface area contributed by atoms with Gasteiger partial charge in [0, 0.05) is 5.56 Å². The van der Waals surface area contributed by atoms with Crippen LogP contribution >= 0.6 is 0 Å². The van der Waals surface area contributed by atoms with Crippen molar-refractivity contribution in [2.45, 2.75) is 33.9 Å². The van der Waals surface area contributed by atoms with Crippen molar-refractivity contribution >= 4 is 5.97 Å². The molecule has 2 aromatic carbocycles. The van der Waals surface area contributed by atoms with E-state index in [9.17, 15) is 4.79 Å². The number of ether oxygens (including phenoxy) is 1. The highest BCUT2D eigenvalue weighted by Crippen LogP contribution is 2.18. The fourth-order valence-corrected chi connectivity index (χ4v) is 2.98. The average Bonchev–Trinajstić information content (AvgIpc) is 2.95. The zero-order chi connectivity index (χ0) is 19.4. The molecule has 0 bridgehead atoms. The first-order valence-corrected chi connectivity index (χ1v) is 8.74. The van der Waals surface area contributed by atoms with Crippen LogP contribution in [0.25, 0.3) is 0 Å². The SMILES string of the molecule is Cc1ccc(Cn2nc(C)c(C(=O)OCc3ccccc3C#N)c2C)cc1. The molecular weight excluding hydrogens is 338 g/mol. The van der Waals surface area contributed by atoms with Crippen LogP contribution in [0.5, 0.6) is 0 Å². The molecule has 0 saturated carbocycles. The summed E-state index contributed by atoms with van der Waals surface area (Å²) < 4.78 is 7.27. The molecule has 3 rings (SSSR count). The van der Waals surface area contributed by atoms with Gasteiger partial charge < -0.3 is 4.74 Å². The van der Waals surface area contributed by atoms with Crippen molar-refractivity contribution in [2.24, 2.45) is 0 Å². The first-order chi connectivity index (χ1) is 13.0. The molecule has 0 aliphatic carbocycles. The smallest absolute Gasteiger partial charge is 0.342 e. The molecule has 1 heterocycles. The van der Waals surface area contributed by atoms with Crippen LogP contribution in [0.2, 0.25) is 0 Å². The van der Waals surface area contributed by atoms with Gasteiger partial charge in [-0.25, -0.2) is 4.79 Å². The highest BCUT2D eigenvalue weighted by molar-refractivity contribution is 5.91. The van der Waals surface area contributed by atoms with Gasteiger partial charge in [0.1, 0.15) is 12.2 Å². The molecule has 0 radical (unpaired) electrons. The lowest BCUT2D eigenvalue weighted by Gasteiger charge is -2.08. The normalized spacial score (nSPS) is 10.4. The minimum Gasteiger partial charge on any atom is -0.457 e. The van der Waals surface area contributed by atoms with Crippen molar-refractivity contribution in [3.63, 3.8) is 0 Å². The number of hydrogen-bond acceptors (Lipinski definition) is 4. The number of aryl methyl sites for hydroxylation is 2. The average molecular weight is 359 g/mol. The molecule has 0 amide bonds. The van der Waals surface area contributed by atoms with Crippen LogP contribution in [0, 0.1) is 32.1 Å². The molecule has 0 unspecified atom stereocenters. The maximum Gasteiger partial charge on any atom is 0.342 e. The number of aromatic nitrogens is 2. The van der Waals surface area contributed by atoms with Crippen LogP contribution in [-0.4, -0.2) is 15.7 Å². The van der Waals surface area contributed by atoms with E-state index in [1.807, 2.05) is 24.6 Å². The molecule has 5 heteroatoms. The second kappa shape index (κ2) is 7.88. The van der Waals surface area contributed by atoms with Crippen LogP contribution in [0.4, 0.5) is 0 Å². The van der Waals surface area contributed by atoms with Gasteiger partial charge in [-0.05, 0) is 32.4 Å². The Labute approximate surface area is 158 Å². The van der Waals surface area contributed by atoms with Crippen LogP contribution in [0.1, 0.15) is 44.0 Å². The van der Waals surface area contributed by atoms with Gasteiger partial charge in [-0.15, -0.1) is 0 Å². The van der Waals surface area contributed by atoms with Crippen LogP contribution in [0.3, 0.4) is 0 Å². The third-order valence-corrected chi connectivity index (χ3v) is 4.54. The molecule has 0 atom stereocenters. The van der Waals surface area contributed by atoms with E-state index in [-0.39, 0.29) is 6.61 Å². The molecule has 0 saturated heterocycles. The monoisotopic (exact) mass is 359 g/mol. The summed E-state index contributed by atoms with van der Waals surface area (Å²) in [6.07, 6.45) is 0. The maximum absolute atomic E-state index is 12.6. The molecule has 27 heavy (non-hydrogen) atoms. The molecular formula is C22H21N3O2. The van der Waals surface area contributed by atoms with Gasteiger partial charge in [-0.1, -0.05) is 48.0 Å². The second-order valence-corrected chi connectivity index (χ2v) is 6.53. The van der Waals surface area contributed by atoms with E-state index in [1.54, 1.807) is 25.1 Å². The maximum atomic E-state index is 12.6. The van der Waals surface area contributed by atoms with Crippen molar-refractivity contribution < 1.29 is 9.53 Å². The van der Waals surface area contributed by atoms with Gasteiger partial charge in [-0.3, -0.25) is 4.68 Å². The van der Waals surface area contributed by atoms with Crippen LogP contribution in [-0.2, 0) is 17.9 Å². The molecule has 0 spiro atoms. The number of nitrogens with zero attached hydrogens (tertiary/aromatic N) is 3. The van der Waals surface area contributed by atoms with Crippen molar-refractivity contribution in [2.75, 3.05) is 0 Å². The van der Waals surface area contributed by atoms with Gasteiger partial charge in [0.25, 0.3) is 0 Å². The van der Waals surface area contributed by atoms with Gasteiger partial charge in [-0.2, -0.15) is 10.4 Å². The van der Waals surface area contributed by atoms with E-state index >= 15 is 0 Å². The Kier molecular flexibility index (Phi) is 5.37. The van der Waals surface area contributed by atoms with Crippen molar-refractivity contribution in [3.05, 3.63) is 87.7 Å². The zero-order valence-electron chi connectivity index (χ0n) is 15.7. The molecule has 0 fully saturated rings. The lowest BCUT2D eigenvalue weighted by atomic mass is 10.1. The first kappa shape index (κ1) is 18.4. The third kappa shape index (κ3) is 4.06. The van der Waals surface area contributed by atoms with Gasteiger partial charge in [0.15, 0.2) is 0 Å². The molecule has 1 aromatic heterocycles. The number of rotatable bonds is 5. The largest absolute Gasteiger partial charge is 0.457 e. The molecule has 136 valence electrons. The van der Waals surface area contributed by atoms with E-state index < -0.39 is 5.97 Å². The summed E-state index contributed by atoms with van der Waals surface area (Å²) in [5.41, 5.74) is 5.41. The Bertz CT molecular complexity index is 1010. The Balaban J connectivity index is 1.76. The molecule has 5 nitrogen and oxygen atoms in total. The summed E-state index contributed by atoms with van der Waals surface area (Å²) >= 11 is 0. The Morgan fingerprint density at radius 2 is 1.81 bits per heavy atom. The predicted molar refractivity (Wildman–Crippen MR) is 102 cm³/mol. The van der Waals surface area contributed by atoms with Crippen molar-refractivity contribution in [1.29, 1.82) is 5.26 Å². The summed E-state index contributed by atoms with van der Waals surface area (Å²) in [6.45, 7) is 6.38. The lowest BCUT2D eigenvalue weighted by molar-refractivity contribution is 0.0470. The fraction of sp³-hybridized carbons (Fsp3) is 0.227. The quantitative estimate of drug-likeness (QED) is 0.644. The second-order valence-electron chi connectivity index (χ2n) is 6.53. The number of carbonyl (C=O) groups excluding carboxylic acids is 1. The fourth-order valence-electron chi connectivity index (χ4n) is 2.98. The summed E-state index contributed by atoms with van der Waals surface area (Å²) in [5, 5.41) is 13.6. The molecule has 0 aliphatic rings. The highest BCUT2D eigenvalue weighted by Gasteiger charge is 2.20. The Morgan fingerprint density at radius 1 is 1.11 bits per heavy atom. The molecule has 3 aromatic rings. The molecule has 0 aliphatic heterocycles. The zero-order valence-corrected chi connectivity index (χ0v) is 15.7. The predicted octanol–water partition coefficient (Wildman–Crippen LogP) is 4.09. The summed E-state index contributed by atoms with van der Waals surface area (Å²) in [4.78, 5) is 12.6. The van der Waals surface area contributed by atoms with Gasteiger partial charge in [0.2, 0.25) is 0 Å². The summed E-state index contributed by atoms with van der Waals surface area (Å²) in [5.74, 6) is -0.423. The number of nitriles is 1. The van der Waals surface area contributed by atoms with Gasteiger partial charge >= 0.3 is 5.97 Å². The first-order valence-electron chi connectivity index (χ1n) is 8.74. The minimum absolute atomic E-state index is 0.0601. The van der Waals surface area contributed by atoms with E-state index in [0.717, 1.165) is 11.3 Å². The number of carbonyl (C=O) groups is 1. The van der Waals surface area contributed by atoms with Crippen LogP contribution in [0.15, 0.2) is 48.5 Å². The van der Waals surface area contributed by atoms with E-state index in [2.05, 4.69) is 35.4 Å². The standard InChI is InChI=1S/C22H21N3O2/c1-15-8-10-18(11-9-15)13-25-17(3)21(16(2)24-25)22(26)27-14-20-7-5-4-6-19(20)12-23/h4-11H,13-14H2,1-3H3. The van der Waals surface area contributed by atoms with Crippen molar-refractivity contribution in [3.8, 4) is 6.07 Å². The number of esters is 1. The lowest BCUT2D eigenvalue weighted by Crippen LogP contribution is -2.09. The number of benzene rings is 2. The Morgan fingerprint density at radius 3 is 2.52 bits per heavy atom. The highest BCUT2D eigenvalue weighted by atomic mass is 16.5. The Hall–Kier alpha value is -3.39. The van der Waals surface area contributed by atoms with E-state index in [4.69, 9.17) is 10.00 Å². The summed E-state index contributed by atoms with van der Waals surface area (Å²) in [6, 6.07) is 17.4. The summed E-state index contributed by atoms with van der Waals surface area (Å²) in [7, 11) is 0.